The molecule has 32 heavy (non-hydrogen) atoms. The van der Waals surface area contributed by atoms with Crippen molar-refractivity contribution in [2.24, 2.45) is 0 Å². The summed E-state index contributed by atoms with van der Waals surface area (Å²) in [6, 6.07) is 14.8. The first-order valence-corrected chi connectivity index (χ1v) is 10.6. The van der Waals surface area contributed by atoms with Gasteiger partial charge in [-0.15, -0.1) is 0 Å². The molecule has 0 radical (unpaired) electrons. The van der Waals surface area contributed by atoms with Crippen LogP contribution in [0.4, 0.5) is 5.82 Å². The van der Waals surface area contributed by atoms with Crippen LogP contribution in [0.3, 0.4) is 0 Å². The van der Waals surface area contributed by atoms with Crippen LogP contribution in [0.5, 0.6) is 0 Å². The fourth-order valence-corrected chi connectivity index (χ4v) is 3.91. The van der Waals surface area contributed by atoms with Crippen molar-refractivity contribution in [2.75, 3.05) is 4.90 Å². The lowest BCUT2D eigenvalue weighted by molar-refractivity contribution is -0.132. The van der Waals surface area contributed by atoms with Crippen LogP contribution in [-0.2, 0) is 15.0 Å². The number of carbonyl (C=O) groups is 2. The molecule has 1 aliphatic heterocycles. The molecule has 0 bridgehead atoms. The van der Waals surface area contributed by atoms with Crippen molar-refractivity contribution in [1.29, 1.82) is 0 Å². The van der Waals surface area contributed by atoms with Gasteiger partial charge in [-0.1, -0.05) is 61.8 Å². The zero-order valence-electron chi connectivity index (χ0n) is 18.2. The fourth-order valence-electron chi connectivity index (χ4n) is 3.78. The van der Waals surface area contributed by atoms with Crippen LogP contribution in [0, 0.1) is 6.92 Å². The maximum atomic E-state index is 13.1. The summed E-state index contributed by atoms with van der Waals surface area (Å²) >= 11 is 5.96. The number of hydrogen-bond donors (Lipinski definition) is 1. The number of aliphatic hydroxyl groups is 1. The SMILES string of the molecule is Cc1cc(N2C(=O)C(=O)C(=C(O)c3ccc(Cl)cc3)[C@@H]2c2ccc(C(C)(C)C)cc2)no1. The number of rotatable bonds is 3. The monoisotopic (exact) mass is 450 g/mol. The minimum atomic E-state index is -0.857. The third kappa shape index (κ3) is 3.82. The summed E-state index contributed by atoms with van der Waals surface area (Å²) in [4.78, 5) is 27.4. The number of carbonyl (C=O) groups excluding carboxylic acids is 2. The molecule has 4 rings (SSSR count). The van der Waals surface area contributed by atoms with Gasteiger partial charge < -0.3 is 9.63 Å². The molecule has 0 aliphatic carbocycles. The summed E-state index contributed by atoms with van der Waals surface area (Å²) in [6.07, 6.45) is 0. The van der Waals surface area contributed by atoms with Gasteiger partial charge in [0.1, 0.15) is 11.5 Å². The second-order valence-electron chi connectivity index (χ2n) is 8.84. The summed E-state index contributed by atoms with van der Waals surface area (Å²) in [7, 11) is 0. The number of ketones is 1. The Labute approximate surface area is 191 Å². The van der Waals surface area contributed by atoms with E-state index in [0.29, 0.717) is 21.9 Å². The smallest absolute Gasteiger partial charge is 0.301 e. The molecule has 2 heterocycles. The van der Waals surface area contributed by atoms with Crippen molar-refractivity contribution in [3.05, 3.63) is 87.6 Å². The number of aryl methyl sites for hydroxylation is 1. The summed E-state index contributed by atoms with van der Waals surface area (Å²) in [5.41, 5.74) is 2.09. The highest BCUT2D eigenvalue weighted by molar-refractivity contribution is 6.51. The summed E-state index contributed by atoms with van der Waals surface area (Å²) in [5.74, 6) is -1.12. The highest BCUT2D eigenvalue weighted by atomic mass is 35.5. The molecular weight excluding hydrogens is 428 g/mol. The number of amides is 1. The van der Waals surface area contributed by atoms with Crippen molar-refractivity contribution in [1.82, 2.24) is 5.16 Å². The molecule has 1 fully saturated rings. The van der Waals surface area contributed by atoms with E-state index in [1.165, 1.54) is 4.90 Å². The molecule has 1 aromatic heterocycles. The third-order valence-corrected chi connectivity index (χ3v) is 5.77. The van der Waals surface area contributed by atoms with Gasteiger partial charge in [0, 0.05) is 16.7 Å². The summed E-state index contributed by atoms with van der Waals surface area (Å²) in [5, 5.41) is 15.5. The minimum Gasteiger partial charge on any atom is -0.507 e. The van der Waals surface area contributed by atoms with Crippen LogP contribution in [0.2, 0.25) is 5.02 Å². The van der Waals surface area contributed by atoms with E-state index in [9.17, 15) is 14.7 Å². The molecular formula is C25H23ClN2O4. The zero-order valence-corrected chi connectivity index (χ0v) is 19.0. The van der Waals surface area contributed by atoms with Crippen molar-refractivity contribution in [2.45, 2.75) is 39.2 Å². The molecule has 6 nitrogen and oxygen atoms in total. The lowest BCUT2D eigenvalue weighted by atomic mass is 9.85. The van der Waals surface area contributed by atoms with Crippen LogP contribution in [0.1, 0.15) is 49.3 Å². The third-order valence-electron chi connectivity index (χ3n) is 5.52. The van der Waals surface area contributed by atoms with Crippen LogP contribution >= 0.6 is 11.6 Å². The molecule has 1 N–H and O–H groups in total. The number of Topliss-reactive ketones (excluding diaryl/α,β-unsaturated/α-hetero) is 1. The molecule has 0 saturated carbocycles. The largest absolute Gasteiger partial charge is 0.507 e. The molecule has 7 heteroatoms. The van der Waals surface area contributed by atoms with Gasteiger partial charge in [0.05, 0.1) is 11.6 Å². The van der Waals surface area contributed by atoms with E-state index in [0.717, 1.165) is 5.56 Å². The molecule has 1 aliphatic rings. The minimum absolute atomic E-state index is 0.0125. The number of aromatic nitrogens is 1. The van der Waals surface area contributed by atoms with Crippen molar-refractivity contribution >= 4 is 34.9 Å². The zero-order chi connectivity index (χ0) is 23.2. The van der Waals surface area contributed by atoms with E-state index in [-0.39, 0.29) is 22.6 Å². The van der Waals surface area contributed by atoms with Crippen molar-refractivity contribution < 1.29 is 19.2 Å². The Morgan fingerprint density at radius 3 is 2.22 bits per heavy atom. The average Bonchev–Trinajstić information content (AvgIpc) is 3.28. The number of nitrogens with zero attached hydrogens (tertiary/aromatic N) is 2. The molecule has 0 unspecified atom stereocenters. The normalized spacial score (nSPS) is 18.4. The van der Waals surface area contributed by atoms with E-state index in [2.05, 4.69) is 25.9 Å². The Morgan fingerprint density at radius 2 is 1.69 bits per heavy atom. The molecule has 1 saturated heterocycles. The summed E-state index contributed by atoms with van der Waals surface area (Å²) < 4.78 is 5.15. The van der Waals surface area contributed by atoms with Crippen molar-refractivity contribution in [3.63, 3.8) is 0 Å². The van der Waals surface area contributed by atoms with Gasteiger partial charge >= 0.3 is 5.91 Å². The summed E-state index contributed by atoms with van der Waals surface area (Å²) in [6.45, 7) is 8.01. The van der Waals surface area contributed by atoms with E-state index in [4.69, 9.17) is 16.1 Å². The lowest BCUT2D eigenvalue weighted by Gasteiger charge is -2.24. The first-order valence-electron chi connectivity index (χ1n) is 10.2. The Kier molecular flexibility index (Phi) is 5.42. The van der Waals surface area contributed by atoms with Gasteiger partial charge in [0.25, 0.3) is 5.78 Å². The van der Waals surface area contributed by atoms with Gasteiger partial charge in [-0.3, -0.25) is 14.5 Å². The number of aliphatic hydroxyl groups excluding tert-OH is 1. The Morgan fingerprint density at radius 1 is 1.06 bits per heavy atom. The fraction of sp³-hybridized carbons (Fsp3) is 0.240. The molecule has 0 spiro atoms. The second kappa shape index (κ2) is 7.95. The van der Waals surface area contributed by atoms with Gasteiger partial charge in [0.15, 0.2) is 5.82 Å². The highest BCUT2D eigenvalue weighted by Crippen LogP contribution is 2.42. The number of anilines is 1. The van der Waals surface area contributed by atoms with Gasteiger partial charge in [-0.05, 0) is 47.7 Å². The van der Waals surface area contributed by atoms with E-state index < -0.39 is 17.7 Å². The quantitative estimate of drug-likeness (QED) is 0.321. The van der Waals surface area contributed by atoms with E-state index >= 15 is 0 Å². The maximum Gasteiger partial charge on any atom is 0.301 e. The molecule has 1 amide bonds. The van der Waals surface area contributed by atoms with E-state index in [1.54, 1.807) is 37.3 Å². The average molecular weight is 451 g/mol. The Bertz CT molecular complexity index is 1220. The topological polar surface area (TPSA) is 83.6 Å². The second-order valence-corrected chi connectivity index (χ2v) is 9.28. The molecule has 2 aromatic carbocycles. The van der Waals surface area contributed by atoms with Crippen LogP contribution < -0.4 is 4.90 Å². The lowest BCUT2D eigenvalue weighted by Crippen LogP contribution is -2.29. The van der Waals surface area contributed by atoms with Crippen LogP contribution in [0.25, 0.3) is 5.76 Å². The van der Waals surface area contributed by atoms with E-state index in [1.807, 2.05) is 24.3 Å². The number of halogens is 1. The predicted octanol–water partition coefficient (Wildman–Crippen LogP) is 5.56. The number of hydrogen-bond acceptors (Lipinski definition) is 5. The first kappa shape index (κ1) is 21.8. The Hall–Kier alpha value is -3.38. The van der Waals surface area contributed by atoms with Crippen molar-refractivity contribution in [3.8, 4) is 0 Å². The molecule has 1 atom stereocenters. The van der Waals surface area contributed by atoms with Crippen LogP contribution in [-0.4, -0.2) is 22.0 Å². The first-order chi connectivity index (χ1) is 15.1. The molecule has 3 aromatic rings. The predicted molar refractivity (Wildman–Crippen MR) is 123 cm³/mol. The maximum absolute atomic E-state index is 13.1. The van der Waals surface area contributed by atoms with Gasteiger partial charge in [0.2, 0.25) is 0 Å². The molecule has 164 valence electrons. The van der Waals surface area contributed by atoms with Gasteiger partial charge in [-0.25, -0.2) is 0 Å². The highest BCUT2D eigenvalue weighted by Gasteiger charge is 2.48. The standard InChI is InChI=1S/C25H23ClN2O4/c1-14-13-19(27-32-14)28-21(15-5-9-17(10-6-15)25(2,3)4)20(23(30)24(28)31)22(29)16-7-11-18(26)12-8-16/h5-13,21,29H,1-4H3/t21-/m0/s1. The van der Waals surface area contributed by atoms with Crippen LogP contribution in [0.15, 0.2) is 64.7 Å². The number of benzene rings is 2. The van der Waals surface area contributed by atoms with Gasteiger partial charge in [-0.2, -0.15) is 0 Å². The Balaban J connectivity index is 1.91.